The normalized spacial score (nSPS) is 11.3. The molecule has 152 valence electrons. The summed E-state index contributed by atoms with van der Waals surface area (Å²) in [5.41, 5.74) is 0. The van der Waals surface area contributed by atoms with Crippen LogP contribution in [0.2, 0.25) is 0 Å². The molecule has 0 heterocycles. The van der Waals surface area contributed by atoms with Crippen LogP contribution in [0.25, 0.3) is 0 Å². The van der Waals surface area contributed by atoms with Crippen LogP contribution in [0.3, 0.4) is 0 Å². The van der Waals surface area contributed by atoms with Crippen LogP contribution in [0.15, 0.2) is 0 Å². The van der Waals surface area contributed by atoms with Crippen molar-refractivity contribution in [3.63, 3.8) is 0 Å². The number of hydrogen-bond acceptors (Lipinski definition) is 3. The van der Waals surface area contributed by atoms with Gasteiger partial charge < -0.3 is 14.2 Å². The van der Waals surface area contributed by atoms with E-state index in [1.807, 2.05) is 6.92 Å². The predicted molar refractivity (Wildman–Crippen MR) is 108 cm³/mol. The van der Waals surface area contributed by atoms with Crippen LogP contribution in [0.5, 0.6) is 0 Å². The van der Waals surface area contributed by atoms with Crippen molar-refractivity contribution in [2.45, 2.75) is 104 Å². The van der Waals surface area contributed by atoms with Crippen LogP contribution in [0.1, 0.15) is 104 Å². The van der Waals surface area contributed by atoms with Crippen molar-refractivity contribution in [2.75, 3.05) is 39.6 Å². The fourth-order valence-electron chi connectivity index (χ4n) is 2.98. The zero-order valence-corrected chi connectivity index (χ0v) is 17.4. The second kappa shape index (κ2) is 23.9. The molecule has 0 saturated carbocycles. The highest BCUT2D eigenvalue weighted by molar-refractivity contribution is 4.49. The third-order valence-corrected chi connectivity index (χ3v) is 4.59. The highest BCUT2D eigenvalue weighted by Gasteiger charge is 1.95. The summed E-state index contributed by atoms with van der Waals surface area (Å²) in [6.45, 7) is 8.70. The summed E-state index contributed by atoms with van der Waals surface area (Å²) in [6, 6.07) is 0. The van der Waals surface area contributed by atoms with Gasteiger partial charge in [0.15, 0.2) is 0 Å². The Kier molecular flexibility index (Phi) is 23.8. The second-order valence-corrected chi connectivity index (χ2v) is 7.02. The summed E-state index contributed by atoms with van der Waals surface area (Å²) in [4.78, 5) is 0. The lowest BCUT2D eigenvalue weighted by molar-refractivity contribution is 0.0162. The summed E-state index contributed by atoms with van der Waals surface area (Å²) < 4.78 is 16.2. The third kappa shape index (κ3) is 23.9. The van der Waals surface area contributed by atoms with Gasteiger partial charge in [0.05, 0.1) is 26.4 Å². The first-order valence-electron chi connectivity index (χ1n) is 11.1. The van der Waals surface area contributed by atoms with Crippen LogP contribution in [0.4, 0.5) is 0 Å². The maximum absolute atomic E-state index is 5.58. The lowest BCUT2D eigenvalue weighted by Crippen LogP contribution is -2.09. The molecule has 0 aromatic heterocycles. The Morgan fingerprint density at radius 3 is 1.16 bits per heavy atom. The molecule has 0 saturated heterocycles. The maximum atomic E-state index is 5.58. The standard InChI is InChI=1S/C22H46O3/c1-3-5-6-7-8-9-10-11-12-13-14-15-16-17-18-24-21-22-25-20-19-23-4-2/h3-22H2,1-2H3. The van der Waals surface area contributed by atoms with E-state index in [0.717, 1.165) is 13.2 Å². The zero-order chi connectivity index (χ0) is 18.3. The van der Waals surface area contributed by atoms with Crippen molar-refractivity contribution in [1.29, 1.82) is 0 Å². The second-order valence-electron chi connectivity index (χ2n) is 7.02. The average molecular weight is 359 g/mol. The van der Waals surface area contributed by atoms with Crippen LogP contribution in [0, 0.1) is 0 Å². The van der Waals surface area contributed by atoms with Gasteiger partial charge in [-0.3, -0.25) is 0 Å². The quantitative estimate of drug-likeness (QED) is 0.206. The Labute approximate surface area is 158 Å². The van der Waals surface area contributed by atoms with Gasteiger partial charge in [0.1, 0.15) is 0 Å². The lowest BCUT2D eigenvalue weighted by atomic mass is 10.0. The van der Waals surface area contributed by atoms with E-state index in [9.17, 15) is 0 Å². The molecule has 0 aliphatic heterocycles. The molecule has 0 unspecified atom stereocenters. The molecule has 0 bridgehead atoms. The van der Waals surface area contributed by atoms with Crippen molar-refractivity contribution in [3.05, 3.63) is 0 Å². The van der Waals surface area contributed by atoms with Crippen LogP contribution in [-0.4, -0.2) is 39.6 Å². The van der Waals surface area contributed by atoms with E-state index in [-0.39, 0.29) is 0 Å². The Morgan fingerprint density at radius 2 is 0.720 bits per heavy atom. The molecule has 0 fully saturated rings. The molecule has 0 N–H and O–H groups in total. The molecule has 0 amide bonds. The van der Waals surface area contributed by atoms with Crippen molar-refractivity contribution in [3.8, 4) is 0 Å². The first kappa shape index (κ1) is 24.9. The fraction of sp³-hybridized carbons (Fsp3) is 1.00. The van der Waals surface area contributed by atoms with E-state index in [4.69, 9.17) is 14.2 Å². The summed E-state index contributed by atoms with van der Waals surface area (Å²) in [7, 11) is 0. The molecule has 0 radical (unpaired) electrons. The van der Waals surface area contributed by atoms with Crippen LogP contribution >= 0.6 is 0 Å². The van der Waals surface area contributed by atoms with Gasteiger partial charge in [0.2, 0.25) is 0 Å². The largest absolute Gasteiger partial charge is 0.379 e. The highest BCUT2D eigenvalue weighted by atomic mass is 16.5. The molecule has 0 aromatic rings. The van der Waals surface area contributed by atoms with Gasteiger partial charge >= 0.3 is 0 Å². The van der Waals surface area contributed by atoms with E-state index in [2.05, 4.69) is 6.92 Å². The molecule has 0 spiro atoms. The minimum Gasteiger partial charge on any atom is -0.379 e. The fourth-order valence-corrected chi connectivity index (χ4v) is 2.98. The third-order valence-electron chi connectivity index (χ3n) is 4.59. The Balaban J connectivity index is 2.94. The van der Waals surface area contributed by atoms with E-state index < -0.39 is 0 Å². The summed E-state index contributed by atoms with van der Waals surface area (Å²) in [5, 5.41) is 0. The van der Waals surface area contributed by atoms with Gasteiger partial charge in [-0.2, -0.15) is 0 Å². The van der Waals surface area contributed by atoms with E-state index in [1.54, 1.807) is 0 Å². The molecule has 0 rings (SSSR count). The van der Waals surface area contributed by atoms with Gasteiger partial charge in [-0.25, -0.2) is 0 Å². The summed E-state index contributed by atoms with van der Waals surface area (Å²) in [6.07, 6.45) is 19.6. The van der Waals surface area contributed by atoms with Gasteiger partial charge in [-0.05, 0) is 13.3 Å². The monoisotopic (exact) mass is 358 g/mol. The number of hydrogen-bond donors (Lipinski definition) is 0. The molecular formula is C22H46O3. The van der Waals surface area contributed by atoms with Crippen LogP contribution < -0.4 is 0 Å². The molecule has 0 aromatic carbocycles. The molecule has 3 heteroatoms. The molecular weight excluding hydrogens is 312 g/mol. The smallest absolute Gasteiger partial charge is 0.0701 e. The molecule has 25 heavy (non-hydrogen) atoms. The van der Waals surface area contributed by atoms with E-state index >= 15 is 0 Å². The highest BCUT2D eigenvalue weighted by Crippen LogP contribution is 2.12. The zero-order valence-electron chi connectivity index (χ0n) is 17.4. The maximum Gasteiger partial charge on any atom is 0.0701 e. The lowest BCUT2D eigenvalue weighted by Gasteiger charge is -2.06. The summed E-state index contributed by atoms with van der Waals surface area (Å²) in [5.74, 6) is 0. The molecule has 0 aliphatic carbocycles. The van der Waals surface area contributed by atoms with Gasteiger partial charge in [0.25, 0.3) is 0 Å². The first-order valence-corrected chi connectivity index (χ1v) is 11.1. The van der Waals surface area contributed by atoms with E-state index in [1.165, 1.54) is 89.9 Å². The number of unbranched alkanes of at least 4 members (excludes halogenated alkanes) is 13. The Bertz CT molecular complexity index is 199. The van der Waals surface area contributed by atoms with Crippen molar-refractivity contribution < 1.29 is 14.2 Å². The van der Waals surface area contributed by atoms with Crippen molar-refractivity contribution in [1.82, 2.24) is 0 Å². The van der Waals surface area contributed by atoms with E-state index in [0.29, 0.717) is 26.4 Å². The van der Waals surface area contributed by atoms with Crippen molar-refractivity contribution >= 4 is 0 Å². The Morgan fingerprint density at radius 1 is 0.360 bits per heavy atom. The topological polar surface area (TPSA) is 27.7 Å². The van der Waals surface area contributed by atoms with Crippen molar-refractivity contribution in [2.24, 2.45) is 0 Å². The average Bonchev–Trinajstić information content (AvgIpc) is 2.63. The minimum atomic E-state index is 0.677. The molecule has 0 atom stereocenters. The van der Waals surface area contributed by atoms with Crippen LogP contribution in [-0.2, 0) is 14.2 Å². The number of rotatable bonds is 22. The predicted octanol–water partition coefficient (Wildman–Crippen LogP) is 6.54. The molecule has 0 aliphatic rings. The first-order chi connectivity index (χ1) is 12.4. The number of ether oxygens (including phenoxy) is 3. The molecule has 3 nitrogen and oxygen atoms in total. The summed E-state index contributed by atoms with van der Waals surface area (Å²) >= 11 is 0. The minimum absolute atomic E-state index is 0.677. The Hall–Kier alpha value is -0.120. The van der Waals surface area contributed by atoms with Gasteiger partial charge in [0, 0.05) is 13.2 Å². The van der Waals surface area contributed by atoms with Gasteiger partial charge in [-0.15, -0.1) is 0 Å². The SMILES string of the molecule is CCCCCCCCCCCCCCCCOCCOCCOCC. The van der Waals surface area contributed by atoms with Gasteiger partial charge in [-0.1, -0.05) is 90.4 Å².